The molecule has 0 bridgehead atoms. The highest BCUT2D eigenvalue weighted by atomic mass is 16.5. The molecule has 1 saturated carbocycles. The fraction of sp³-hybridized carbons (Fsp3) is 0.913. The zero-order valence-corrected chi connectivity index (χ0v) is 18.8. The van der Waals surface area contributed by atoms with Gasteiger partial charge in [0, 0.05) is 6.42 Å². The van der Waals surface area contributed by atoms with E-state index in [4.69, 9.17) is 9.47 Å². The van der Waals surface area contributed by atoms with Crippen LogP contribution >= 0.6 is 0 Å². The summed E-state index contributed by atoms with van der Waals surface area (Å²) in [4.78, 5) is 23.6. The molecule has 6 nitrogen and oxygen atoms in total. The lowest BCUT2D eigenvalue weighted by Gasteiger charge is -2.38. The van der Waals surface area contributed by atoms with Crippen molar-refractivity contribution in [1.29, 1.82) is 0 Å². The predicted molar refractivity (Wildman–Crippen MR) is 115 cm³/mol. The third-order valence-corrected chi connectivity index (χ3v) is 6.11. The molecule has 1 rings (SSSR count). The Bertz CT molecular complexity index is 462. The van der Waals surface area contributed by atoms with Gasteiger partial charge < -0.3 is 19.9 Å². The Morgan fingerprint density at radius 1 is 0.966 bits per heavy atom. The molecule has 6 heteroatoms. The number of aliphatic hydroxyl groups excluding tert-OH is 1. The summed E-state index contributed by atoms with van der Waals surface area (Å²) in [6.45, 7) is 7.24. The summed E-state index contributed by atoms with van der Waals surface area (Å²) in [7, 11) is 0. The van der Waals surface area contributed by atoms with Crippen molar-refractivity contribution in [3.63, 3.8) is 0 Å². The van der Waals surface area contributed by atoms with Gasteiger partial charge in [0.25, 0.3) is 0 Å². The van der Waals surface area contributed by atoms with Crippen LogP contribution in [0.25, 0.3) is 0 Å². The molecule has 0 aromatic heterocycles. The van der Waals surface area contributed by atoms with Crippen LogP contribution in [0, 0.1) is 5.41 Å². The minimum atomic E-state index is -0.332. The van der Waals surface area contributed by atoms with E-state index < -0.39 is 0 Å². The second-order valence-corrected chi connectivity index (χ2v) is 8.54. The minimum absolute atomic E-state index is 0.0122. The lowest BCUT2D eigenvalue weighted by molar-refractivity contribution is -0.146. The predicted octanol–water partition coefficient (Wildman–Crippen LogP) is 4.13. The van der Waals surface area contributed by atoms with Crippen molar-refractivity contribution in [3.8, 4) is 0 Å². The van der Waals surface area contributed by atoms with Crippen LogP contribution in [-0.2, 0) is 19.1 Å². The standard InChI is InChI=1S/C23H43NO5/c1-4-28-21(26)14-10-7-6-9-13-19(22(27)29-5-2)24-18-15-20(25)23(3)16-11-8-12-17-23/h19-20,24-25H,4-18H2,1-3H3. The average molecular weight is 414 g/mol. The van der Waals surface area contributed by atoms with Gasteiger partial charge in [-0.2, -0.15) is 0 Å². The van der Waals surface area contributed by atoms with E-state index >= 15 is 0 Å². The van der Waals surface area contributed by atoms with Gasteiger partial charge in [0.1, 0.15) is 6.04 Å². The van der Waals surface area contributed by atoms with E-state index in [2.05, 4.69) is 12.2 Å². The summed E-state index contributed by atoms with van der Waals surface area (Å²) in [5.74, 6) is -0.346. The topological polar surface area (TPSA) is 84.9 Å². The van der Waals surface area contributed by atoms with Gasteiger partial charge in [0.05, 0.1) is 19.3 Å². The fourth-order valence-corrected chi connectivity index (χ4v) is 4.19. The van der Waals surface area contributed by atoms with Crippen molar-refractivity contribution in [2.75, 3.05) is 19.8 Å². The SMILES string of the molecule is CCOC(=O)CCCCCCC(NCCC(O)C1(C)CCCCC1)C(=O)OCC. The molecule has 0 aromatic rings. The zero-order valence-electron chi connectivity index (χ0n) is 18.8. The summed E-state index contributed by atoms with van der Waals surface area (Å²) in [6, 6.07) is -0.327. The first-order valence-electron chi connectivity index (χ1n) is 11.7. The number of hydrogen-bond acceptors (Lipinski definition) is 6. The highest BCUT2D eigenvalue weighted by Gasteiger charge is 2.34. The Balaban J connectivity index is 2.30. The molecule has 1 aliphatic carbocycles. The maximum atomic E-state index is 12.3. The summed E-state index contributed by atoms with van der Waals surface area (Å²) >= 11 is 0. The van der Waals surface area contributed by atoms with Crippen LogP contribution in [0.4, 0.5) is 0 Å². The van der Waals surface area contributed by atoms with E-state index in [0.717, 1.165) is 38.5 Å². The lowest BCUT2D eigenvalue weighted by Crippen LogP contribution is -2.42. The second kappa shape index (κ2) is 14.8. The number of nitrogens with one attached hydrogen (secondary N) is 1. The molecule has 1 aliphatic rings. The van der Waals surface area contributed by atoms with E-state index in [1.807, 2.05) is 13.8 Å². The molecule has 29 heavy (non-hydrogen) atoms. The van der Waals surface area contributed by atoms with Gasteiger partial charge in [-0.05, 0) is 57.9 Å². The number of carbonyl (C=O) groups is 2. The van der Waals surface area contributed by atoms with Crippen LogP contribution < -0.4 is 5.32 Å². The van der Waals surface area contributed by atoms with Crippen molar-refractivity contribution in [1.82, 2.24) is 5.32 Å². The van der Waals surface area contributed by atoms with Gasteiger partial charge >= 0.3 is 11.9 Å². The fourth-order valence-electron chi connectivity index (χ4n) is 4.19. The van der Waals surface area contributed by atoms with Crippen LogP contribution in [0.3, 0.4) is 0 Å². The molecule has 0 spiro atoms. The van der Waals surface area contributed by atoms with Gasteiger partial charge in [-0.15, -0.1) is 0 Å². The summed E-state index contributed by atoms with van der Waals surface area (Å²) in [5.41, 5.74) is 0.0122. The number of esters is 2. The average Bonchev–Trinajstić information content (AvgIpc) is 2.69. The van der Waals surface area contributed by atoms with E-state index in [9.17, 15) is 14.7 Å². The first-order valence-corrected chi connectivity index (χ1v) is 11.7. The Labute approximate surface area is 177 Å². The number of rotatable bonds is 15. The van der Waals surface area contributed by atoms with Gasteiger partial charge in [0.2, 0.25) is 0 Å². The van der Waals surface area contributed by atoms with Crippen molar-refractivity contribution in [3.05, 3.63) is 0 Å². The molecule has 0 heterocycles. The summed E-state index contributed by atoms with van der Waals surface area (Å²) in [6.07, 6.45) is 11.0. The summed E-state index contributed by atoms with van der Waals surface area (Å²) in [5, 5.41) is 14.0. The first kappa shape index (κ1) is 25.9. The molecule has 2 atom stereocenters. The van der Waals surface area contributed by atoms with Gasteiger partial charge in [-0.25, -0.2) is 0 Å². The van der Waals surface area contributed by atoms with Gasteiger partial charge in [-0.1, -0.05) is 45.4 Å². The molecule has 2 unspecified atom stereocenters. The third-order valence-electron chi connectivity index (χ3n) is 6.11. The zero-order chi connectivity index (χ0) is 21.5. The van der Waals surface area contributed by atoms with Gasteiger partial charge in [-0.3, -0.25) is 9.59 Å². The van der Waals surface area contributed by atoms with Gasteiger partial charge in [0.15, 0.2) is 0 Å². The molecule has 1 fully saturated rings. The highest BCUT2D eigenvalue weighted by Crippen LogP contribution is 2.39. The molecule has 0 aliphatic heterocycles. The van der Waals surface area contributed by atoms with Crippen LogP contribution in [-0.4, -0.2) is 48.9 Å². The molecule has 0 saturated heterocycles. The van der Waals surface area contributed by atoms with Crippen molar-refractivity contribution >= 4 is 11.9 Å². The van der Waals surface area contributed by atoms with E-state index in [0.29, 0.717) is 39.0 Å². The van der Waals surface area contributed by atoms with E-state index in [1.165, 1.54) is 19.3 Å². The number of ether oxygens (including phenoxy) is 2. The molecule has 0 amide bonds. The molecular formula is C23H43NO5. The smallest absolute Gasteiger partial charge is 0.323 e. The number of carbonyl (C=O) groups excluding carboxylic acids is 2. The third kappa shape index (κ3) is 10.4. The lowest BCUT2D eigenvalue weighted by atomic mass is 9.71. The van der Waals surface area contributed by atoms with Crippen molar-refractivity contribution < 1.29 is 24.2 Å². The Morgan fingerprint density at radius 3 is 2.28 bits per heavy atom. The molecule has 0 radical (unpaired) electrons. The summed E-state index contributed by atoms with van der Waals surface area (Å²) < 4.78 is 10.1. The number of aliphatic hydroxyl groups is 1. The van der Waals surface area contributed by atoms with Crippen LogP contribution in [0.2, 0.25) is 0 Å². The van der Waals surface area contributed by atoms with Crippen molar-refractivity contribution in [2.24, 2.45) is 5.41 Å². The van der Waals surface area contributed by atoms with Crippen molar-refractivity contribution in [2.45, 2.75) is 110 Å². The molecular weight excluding hydrogens is 370 g/mol. The minimum Gasteiger partial charge on any atom is -0.466 e. The largest absolute Gasteiger partial charge is 0.466 e. The Kier molecular flexibility index (Phi) is 13.2. The Hall–Kier alpha value is -1.14. The molecule has 0 aromatic carbocycles. The highest BCUT2D eigenvalue weighted by molar-refractivity contribution is 5.75. The number of unbranched alkanes of at least 4 members (excludes halogenated alkanes) is 3. The van der Waals surface area contributed by atoms with E-state index in [-0.39, 0.29) is 29.5 Å². The van der Waals surface area contributed by atoms with Crippen LogP contribution in [0.5, 0.6) is 0 Å². The quantitative estimate of drug-likeness (QED) is 0.310. The monoisotopic (exact) mass is 413 g/mol. The normalized spacial score (nSPS) is 18.1. The van der Waals surface area contributed by atoms with Crippen LogP contribution in [0.15, 0.2) is 0 Å². The maximum Gasteiger partial charge on any atom is 0.323 e. The van der Waals surface area contributed by atoms with Crippen LogP contribution in [0.1, 0.15) is 97.8 Å². The second-order valence-electron chi connectivity index (χ2n) is 8.54. The van der Waals surface area contributed by atoms with E-state index in [1.54, 1.807) is 0 Å². The first-order chi connectivity index (χ1) is 13.9. The molecule has 170 valence electrons. The Morgan fingerprint density at radius 2 is 1.62 bits per heavy atom. The number of hydrogen-bond donors (Lipinski definition) is 2. The maximum absolute atomic E-state index is 12.3. The molecule has 2 N–H and O–H groups in total.